The van der Waals surface area contributed by atoms with Crippen LogP contribution in [0.5, 0.6) is 5.75 Å². The number of amides is 1. The average molecular weight is 490 g/mol. The smallest absolute Gasteiger partial charge is 0.240 e. The Balaban J connectivity index is 1.34. The Labute approximate surface area is 197 Å². The van der Waals surface area contributed by atoms with E-state index >= 15 is 0 Å². The lowest BCUT2D eigenvalue weighted by molar-refractivity contribution is -0.119. The first-order chi connectivity index (χ1) is 15.8. The molecule has 3 N–H and O–H groups in total. The first-order valence-corrected chi connectivity index (χ1v) is 12.3. The lowest BCUT2D eigenvalue weighted by Crippen LogP contribution is -2.29. The van der Waals surface area contributed by atoms with Crippen molar-refractivity contribution < 1.29 is 22.4 Å². The van der Waals surface area contributed by atoms with E-state index in [4.69, 9.17) is 20.8 Å². The van der Waals surface area contributed by atoms with Crippen LogP contribution in [0.2, 0.25) is 5.02 Å². The molecule has 0 spiro atoms. The number of ether oxygens (including phenoxy) is 1. The van der Waals surface area contributed by atoms with Crippen LogP contribution in [0.4, 0.5) is 5.69 Å². The van der Waals surface area contributed by atoms with Gasteiger partial charge in [-0.15, -0.1) is 0 Å². The summed E-state index contributed by atoms with van der Waals surface area (Å²) in [5.41, 5.74) is 1.30. The zero-order chi connectivity index (χ0) is 23.4. The first-order valence-electron chi connectivity index (χ1n) is 10.4. The number of anilines is 1. The highest BCUT2D eigenvalue weighted by Gasteiger charge is 2.28. The number of rotatable bonds is 10. The van der Waals surface area contributed by atoms with E-state index in [0.717, 1.165) is 18.4 Å². The van der Waals surface area contributed by atoms with Gasteiger partial charge in [0.2, 0.25) is 15.9 Å². The van der Waals surface area contributed by atoms with Gasteiger partial charge in [-0.3, -0.25) is 4.79 Å². The van der Waals surface area contributed by atoms with Gasteiger partial charge in [0.15, 0.2) is 0 Å². The third-order valence-corrected chi connectivity index (χ3v) is 6.84. The molecular formula is C23H24ClN3O5S. The molecule has 1 fully saturated rings. The fourth-order valence-corrected chi connectivity index (χ4v) is 4.60. The Morgan fingerprint density at radius 1 is 1.12 bits per heavy atom. The van der Waals surface area contributed by atoms with E-state index in [2.05, 4.69) is 15.4 Å². The number of furan rings is 1. The molecule has 174 valence electrons. The van der Waals surface area contributed by atoms with E-state index in [1.165, 1.54) is 19.2 Å². The molecule has 3 aromatic rings. The van der Waals surface area contributed by atoms with Crippen molar-refractivity contribution in [2.45, 2.75) is 30.3 Å². The fourth-order valence-electron chi connectivity index (χ4n) is 3.15. The molecule has 0 atom stereocenters. The van der Waals surface area contributed by atoms with Crippen molar-refractivity contribution in [3.05, 3.63) is 65.4 Å². The molecule has 0 unspecified atom stereocenters. The van der Waals surface area contributed by atoms with Crippen molar-refractivity contribution in [1.82, 2.24) is 10.0 Å². The van der Waals surface area contributed by atoms with E-state index in [1.54, 1.807) is 24.3 Å². The summed E-state index contributed by atoms with van der Waals surface area (Å²) < 4.78 is 38.7. The Morgan fingerprint density at radius 2 is 1.88 bits per heavy atom. The summed E-state index contributed by atoms with van der Waals surface area (Å²) in [5, 5.41) is 6.36. The number of halogens is 1. The monoisotopic (exact) mass is 489 g/mol. The van der Waals surface area contributed by atoms with Gasteiger partial charge in [-0.25, -0.2) is 13.1 Å². The molecule has 0 bridgehead atoms. The predicted molar refractivity (Wildman–Crippen MR) is 126 cm³/mol. The van der Waals surface area contributed by atoms with Gasteiger partial charge in [0.05, 0.1) is 30.8 Å². The molecule has 1 saturated carbocycles. The fraction of sp³-hybridized carbons (Fsp3) is 0.261. The van der Waals surface area contributed by atoms with Crippen molar-refractivity contribution >= 4 is 33.2 Å². The van der Waals surface area contributed by atoms with Crippen molar-refractivity contribution in [2.75, 3.05) is 19.0 Å². The highest BCUT2D eigenvalue weighted by molar-refractivity contribution is 7.89. The second-order valence-corrected chi connectivity index (χ2v) is 9.81. The number of carbonyl (C=O) groups is 1. The molecule has 1 aromatic heterocycles. The van der Waals surface area contributed by atoms with Gasteiger partial charge in [-0.1, -0.05) is 11.6 Å². The Hall–Kier alpha value is -3.01. The molecule has 1 aliphatic rings. The zero-order valence-corrected chi connectivity index (χ0v) is 19.5. The van der Waals surface area contributed by atoms with E-state index in [9.17, 15) is 13.2 Å². The van der Waals surface area contributed by atoms with E-state index in [1.807, 2.05) is 18.2 Å². The predicted octanol–water partition coefficient (Wildman–Crippen LogP) is 3.78. The van der Waals surface area contributed by atoms with Crippen LogP contribution in [0.3, 0.4) is 0 Å². The van der Waals surface area contributed by atoms with Crippen molar-refractivity contribution in [3.63, 3.8) is 0 Å². The number of sulfonamides is 1. The molecule has 2 aromatic carbocycles. The molecular weight excluding hydrogens is 466 g/mol. The minimum absolute atomic E-state index is 0.00102. The van der Waals surface area contributed by atoms with E-state index in [-0.39, 0.29) is 29.9 Å². The first kappa shape index (κ1) is 23.2. The maximum absolute atomic E-state index is 12.5. The van der Waals surface area contributed by atoms with Crippen LogP contribution in [0.25, 0.3) is 11.3 Å². The number of methoxy groups -OCH3 is 1. The molecule has 10 heteroatoms. The number of nitrogens with one attached hydrogen (secondary N) is 3. The summed E-state index contributed by atoms with van der Waals surface area (Å²) in [6, 6.07) is 15.4. The summed E-state index contributed by atoms with van der Waals surface area (Å²) in [5.74, 6) is 1.43. The second kappa shape index (κ2) is 9.86. The molecule has 0 radical (unpaired) electrons. The third-order valence-electron chi connectivity index (χ3n) is 5.07. The minimum atomic E-state index is -3.62. The number of hydrogen-bond acceptors (Lipinski definition) is 6. The van der Waals surface area contributed by atoms with Gasteiger partial charge in [-0.05, 0) is 67.4 Å². The average Bonchev–Trinajstić information content (AvgIpc) is 3.48. The maximum Gasteiger partial charge on any atom is 0.240 e. The quantitative estimate of drug-likeness (QED) is 0.400. The van der Waals surface area contributed by atoms with Gasteiger partial charge < -0.3 is 19.8 Å². The van der Waals surface area contributed by atoms with Gasteiger partial charge >= 0.3 is 0 Å². The second-order valence-electron chi connectivity index (χ2n) is 7.66. The van der Waals surface area contributed by atoms with Crippen LogP contribution in [0.1, 0.15) is 18.6 Å². The molecule has 0 aliphatic heterocycles. The largest absolute Gasteiger partial charge is 0.495 e. The SMILES string of the molecule is COc1ccc(S(=O)(=O)NC2CC2)cc1NCC(=O)NCc1ccc(-c2ccc(Cl)cc2)o1. The summed E-state index contributed by atoms with van der Waals surface area (Å²) in [6.45, 7) is 0.144. The number of carbonyl (C=O) groups excluding carboxylic acids is 1. The minimum Gasteiger partial charge on any atom is -0.495 e. The van der Waals surface area contributed by atoms with Crippen LogP contribution in [0, 0.1) is 0 Å². The van der Waals surface area contributed by atoms with E-state index in [0.29, 0.717) is 28.0 Å². The van der Waals surface area contributed by atoms with Gasteiger partial charge in [0.1, 0.15) is 17.3 Å². The Morgan fingerprint density at radius 3 is 2.58 bits per heavy atom. The van der Waals surface area contributed by atoms with Crippen LogP contribution >= 0.6 is 11.6 Å². The van der Waals surface area contributed by atoms with Crippen LogP contribution < -0.4 is 20.1 Å². The molecule has 1 amide bonds. The Kier molecular flexibility index (Phi) is 6.92. The molecule has 1 aliphatic carbocycles. The van der Waals surface area contributed by atoms with Crippen molar-refractivity contribution in [1.29, 1.82) is 0 Å². The molecule has 4 rings (SSSR count). The summed E-state index contributed by atoms with van der Waals surface area (Å²) >= 11 is 5.91. The number of hydrogen-bond donors (Lipinski definition) is 3. The lowest BCUT2D eigenvalue weighted by atomic mass is 10.2. The molecule has 0 saturated heterocycles. The van der Waals surface area contributed by atoms with Crippen LogP contribution in [-0.2, 0) is 21.4 Å². The number of benzene rings is 2. The molecule has 8 nitrogen and oxygen atoms in total. The summed E-state index contributed by atoms with van der Waals surface area (Å²) in [6.07, 6.45) is 1.69. The Bertz CT molecular complexity index is 1240. The standard InChI is InChI=1S/C23H24ClN3O5S/c1-31-22-11-9-19(33(29,30)27-17-6-7-17)12-20(22)25-14-23(28)26-13-18-8-10-21(32-18)15-2-4-16(24)5-3-15/h2-5,8-12,17,25,27H,6-7,13-14H2,1H3,(H,26,28). The van der Waals surface area contributed by atoms with E-state index < -0.39 is 10.0 Å². The summed E-state index contributed by atoms with van der Waals surface area (Å²) in [7, 11) is -2.14. The van der Waals surface area contributed by atoms with Gasteiger partial charge in [0, 0.05) is 16.6 Å². The summed E-state index contributed by atoms with van der Waals surface area (Å²) in [4.78, 5) is 12.5. The normalized spacial score (nSPS) is 13.5. The van der Waals surface area contributed by atoms with Crippen LogP contribution in [0.15, 0.2) is 63.9 Å². The zero-order valence-electron chi connectivity index (χ0n) is 17.9. The van der Waals surface area contributed by atoms with Crippen molar-refractivity contribution in [3.8, 4) is 17.1 Å². The molecule has 33 heavy (non-hydrogen) atoms. The maximum atomic E-state index is 12.5. The lowest BCUT2D eigenvalue weighted by Gasteiger charge is -2.13. The highest BCUT2D eigenvalue weighted by Crippen LogP contribution is 2.29. The molecule has 1 heterocycles. The van der Waals surface area contributed by atoms with Crippen LogP contribution in [-0.4, -0.2) is 34.0 Å². The van der Waals surface area contributed by atoms with Crippen molar-refractivity contribution in [2.24, 2.45) is 0 Å². The van der Waals surface area contributed by atoms with Gasteiger partial charge in [0.25, 0.3) is 0 Å². The third kappa shape index (κ3) is 6.07. The highest BCUT2D eigenvalue weighted by atomic mass is 35.5. The topological polar surface area (TPSA) is 110 Å². The van der Waals surface area contributed by atoms with Gasteiger partial charge in [-0.2, -0.15) is 0 Å².